The average Bonchev–Trinajstić information content (AvgIpc) is 3.21. The normalized spacial score (nSPS) is 21.4. The Morgan fingerprint density at radius 3 is 2.38 bits per heavy atom. The van der Waals surface area contributed by atoms with Gasteiger partial charge >= 0.3 is 5.97 Å². The second-order valence-electron chi connectivity index (χ2n) is 9.76. The second kappa shape index (κ2) is 9.60. The van der Waals surface area contributed by atoms with E-state index < -0.39 is 11.5 Å². The van der Waals surface area contributed by atoms with E-state index in [1.807, 2.05) is 32.0 Å². The van der Waals surface area contributed by atoms with E-state index in [1.165, 1.54) is 37.1 Å². The number of nitrogens with zero attached hydrogens (tertiary/aromatic N) is 3. The highest BCUT2D eigenvalue weighted by atomic mass is 16.5. The molecule has 182 valence electrons. The number of nitrogens with one attached hydrogen (secondary N) is 1. The number of benzene rings is 1. The maximum absolute atomic E-state index is 13.8. The van der Waals surface area contributed by atoms with Gasteiger partial charge in [0.15, 0.2) is 5.69 Å². The number of fused-ring (bicyclic) bond motifs is 1. The summed E-state index contributed by atoms with van der Waals surface area (Å²) in [7, 11) is 1.27. The minimum absolute atomic E-state index is 0.0514. The lowest BCUT2D eigenvalue weighted by Crippen LogP contribution is -2.65. The molecule has 0 bridgehead atoms. The molecule has 2 aromatic rings. The fourth-order valence-electron chi connectivity index (χ4n) is 5.00. The summed E-state index contributed by atoms with van der Waals surface area (Å²) >= 11 is 0. The van der Waals surface area contributed by atoms with Gasteiger partial charge in [0.2, 0.25) is 5.91 Å². The summed E-state index contributed by atoms with van der Waals surface area (Å²) in [5, 5.41) is 7.55. The Bertz CT molecular complexity index is 1100. The first-order valence-electron chi connectivity index (χ1n) is 12.1. The number of esters is 1. The van der Waals surface area contributed by atoms with Crippen molar-refractivity contribution in [2.45, 2.75) is 83.8 Å². The van der Waals surface area contributed by atoms with Crippen LogP contribution in [0.15, 0.2) is 24.3 Å². The van der Waals surface area contributed by atoms with Crippen molar-refractivity contribution in [2.24, 2.45) is 0 Å². The molecular formula is C26H34N4O4. The number of aromatic nitrogens is 2. The highest BCUT2D eigenvalue weighted by molar-refractivity contribution is 6.12. The SMILES string of the molecule is COC(=O)c1cc2n(n1)C[C@@](C)(C(=O)NC1CCCCCCC1)N(c1ccc(C)c(C)c1)C2=O. The molecule has 34 heavy (non-hydrogen) atoms. The monoisotopic (exact) mass is 466 g/mol. The molecule has 2 aliphatic rings. The smallest absolute Gasteiger partial charge is 0.358 e. The molecule has 0 saturated heterocycles. The number of hydrogen-bond donors (Lipinski definition) is 1. The van der Waals surface area contributed by atoms with Crippen LogP contribution in [-0.2, 0) is 16.1 Å². The predicted molar refractivity (Wildman–Crippen MR) is 129 cm³/mol. The Labute approximate surface area is 200 Å². The van der Waals surface area contributed by atoms with Crippen molar-refractivity contribution in [3.05, 3.63) is 46.8 Å². The van der Waals surface area contributed by atoms with Crippen LogP contribution in [0.3, 0.4) is 0 Å². The summed E-state index contributed by atoms with van der Waals surface area (Å²) < 4.78 is 6.25. The van der Waals surface area contributed by atoms with Gasteiger partial charge in [0.1, 0.15) is 11.2 Å². The van der Waals surface area contributed by atoms with E-state index in [4.69, 9.17) is 4.74 Å². The topological polar surface area (TPSA) is 93.5 Å². The molecule has 1 atom stereocenters. The van der Waals surface area contributed by atoms with Crippen LogP contribution in [-0.4, -0.2) is 46.3 Å². The van der Waals surface area contributed by atoms with Crippen molar-refractivity contribution in [2.75, 3.05) is 12.0 Å². The largest absolute Gasteiger partial charge is 0.464 e. The van der Waals surface area contributed by atoms with Gasteiger partial charge in [-0.3, -0.25) is 19.2 Å². The predicted octanol–water partition coefficient (Wildman–Crippen LogP) is 3.93. The van der Waals surface area contributed by atoms with Crippen molar-refractivity contribution in [3.63, 3.8) is 0 Å². The van der Waals surface area contributed by atoms with E-state index >= 15 is 0 Å². The van der Waals surface area contributed by atoms with Gasteiger partial charge in [-0.1, -0.05) is 38.2 Å². The lowest BCUT2D eigenvalue weighted by atomic mass is 9.91. The second-order valence-corrected chi connectivity index (χ2v) is 9.76. The molecule has 2 amide bonds. The van der Waals surface area contributed by atoms with E-state index in [0.717, 1.165) is 36.8 Å². The van der Waals surface area contributed by atoms with Crippen LogP contribution >= 0.6 is 0 Å². The number of methoxy groups -OCH3 is 1. The van der Waals surface area contributed by atoms with Gasteiger partial charge in [-0.2, -0.15) is 5.10 Å². The highest BCUT2D eigenvalue weighted by Crippen LogP contribution is 2.34. The number of rotatable bonds is 4. The van der Waals surface area contributed by atoms with E-state index in [0.29, 0.717) is 5.69 Å². The lowest BCUT2D eigenvalue weighted by molar-refractivity contribution is -0.127. The summed E-state index contributed by atoms with van der Waals surface area (Å²) in [5.41, 5.74) is 1.88. The van der Waals surface area contributed by atoms with Crippen LogP contribution in [0.25, 0.3) is 0 Å². The summed E-state index contributed by atoms with van der Waals surface area (Å²) in [4.78, 5) is 41.3. The average molecular weight is 467 g/mol. The molecule has 0 radical (unpaired) electrons. The summed E-state index contributed by atoms with van der Waals surface area (Å²) in [6, 6.07) is 7.29. The van der Waals surface area contributed by atoms with E-state index in [2.05, 4.69) is 10.4 Å². The molecule has 2 heterocycles. The van der Waals surface area contributed by atoms with Crippen molar-refractivity contribution in [1.82, 2.24) is 15.1 Å². The molecule has 1 aromatic heterocycles. The van der Waals surface area contributed by atoms with Crippen LogP contribution in [0, 0.1) is 13.8 Å². The van der Waals surface area contributed by atoms with Gasteiger partial charge in [0, 0.05) is 17.8 Å². The maximum Gasteiger partial charge on any atom is 0.358 e. The molecule has 1 aliphatic heterocycles. The number of amides is 2. The minimum Gasteiger partial charge on any atom is -0.464 e. The zero-order valence-corrected chi connectivity index (χ0v) is 20.5. The third kappa shape index (κ3) is 4.45. The molecule has 0 unspecified atom stereocenters. The zero-order valence-electron chi connectivity index (χ0n) is 20.5. The van der Waals surface area contributed by atoms with Gasteiger partial charge in [0.25, 0.3) is 5.91 Å². The Balaban J connectivity index is 1.74. The number of ether oxygens (including phenoxy) is 1. The Morgan fingerprint density at radius 2 is 1.74 bits per heavy atom. The molecule has 1 aromatic carbocycles. The van der Waals surface area contributed by atoms with Crippen molar-refractivity contribution >= 4 is 23.5 Å². The fraction of sp³-hybridized carbons (Fsp3) is 0.538. The molecule has 4 rings (SSSR count). The highest BCUT2D eigenvalue weighted by Gasteiger charge is 2.49. The first-order chi connectivity index (χ1) is 16.2. The molecule has 1 N–H and O–H groups in total. The van der Waals surface area contributed by atoms with Crippen LogP contribution in [0.1, 0.15) is 84.0 Å². The maximum atomic E-state index is 13.8. The lowest BCUT2D eigenvalue weighted by Gasteiger charge is -2.44. The van der Waals surface area contributed by atoms with Crippen molar-refractivity contribution < 1.29 is 19.1 Å². The molecule has 1 saturated carbocycles. The Kier molecular flexibility index (Phi) is 6.77. The first-order valence-corrected chi connectivity index (χ1v) is 12.1. The standard InChI is InChI=1S/C26H34N4O4/c1-17-12-13-20(14-18(17)2)30-23(31)22-15-21(24(32)34-4)28-29(22)16-26(30,3)25(33)27-19-10-8-6-5-7-9-11-19/h12-15,19H,5-11,16H2,1-4H3,(H,27,33)/t26-/m0/s1. The third-order valence-corrected chi connectivity index (χ3v) is 7.23. The van der Waals surface area contributed by atoms with Crippen LogP contribution < -0.4 is 10.2 Å². The molecule has 8 heteroatoms. The van der Waals surface area contributed by atoms with E-state index in [-0.39, 0.29) is 35.8 Å². The number of aryl methyl sites for hydroxylation is 2. The van der Waals surface area contributed by atoms with Crippen LogP contribution in [0.5, 0.6) is 0 Å². The number of carbonyl (C=O) groups excluding carboxylic acids is 3. The van der Waals surface area contributed by atoms with Gasteiger partial charge < -0.3 is 10.1 Å². The quantitative estimate of drug-likeness (QED) is 0.689. The van der Waals surface area contributed by atoms with Gasteiger partial charge in [0.05, 0.1) is 13.7 Å². The zero-order chi connectivity index (χ0) is 24.5. The van der Waals surface area contributed by atoms with Gasteiger partial charge in [-0.15, -0.1) is 0 Å². The molecule has 0 spiro atoms. The first kappa shape index (κ1) is 24.0. The van der Waals surface area contributed by atoms with E-state index in [1.54, 1.807) is 11.8 Å². The summed E-state index contributed by atoms with van der Waals surface area (Å²) in [6.45, 7) is 5.91. The molecule has 1 aliphatic carbocycles. The van der Waals surface area contributed by atoms with Crippen molar-refractivity contribution in [1.29, 1.82) is 0 Å². The third-order valence-electron chi connectivity index (χ3n) is 7.23. The number of hydrogen-bond acceptors (Lipinski definition) is 5. The number of carbonyl (C=O) groups is 3. The fourth-order valence-corrected chi connectivity index (χ4v) is 5.00. The van der Waals surface area contributed by atoms with Gasteiger partial charge in [-0.25, -0.2) is 4.79 Å². The molecule has 8 nitrogen and oxygen atoms in total. The Morgan fingerprint density at radius 1 is 1.06 bits per heavy atom. The molecule has 1 fully saturated rings. The van der Waals surface area contributed by atoms with E-state index in [9.17, 15) is 14.4 Å². The summed E-state index contributed by atoms with van der Waals surface area (Å²) in [5.74, 6) is -1.19. The Hall–Kier alpha value is -3.16. The summed E-state index contributed by atoms with van der Waals surface area (Å²) in [6.07, 6.45) is 7.68. The molecular weight excluding hydrogens is 432 g/mol. The van der Waals surface area contributed by atoms with Gasteiger partial charge in [-0.05, 0) is 56.9 Å². The number of anilines is 1. The van der Waals surface area contributed by atoms with Crippen molar-refractivity contribution in [3.8, 4) is 0 Å². The minimum atomic E-state index is -1.21. The van der Waals surface area contributed by atoms with Crippen LogP contribution in [0.4, 0.5) is 5.69 Å². The van der Waals surface area contributed by atoms with Crippen LogP contribution in [0.2, 0.25) is 0 Å².